The zero-order valence-corrected chi connectivity index (χ0v) is 14.1. The van der Waals surface area contributed by atoms with Gasteiger partial charge in [0.2, 0.25) is 5.91 Å². The predicted octanol–water partition coefficient (Wildman–Crippen LogP) is 3.38. The van der Waals surface area contributed by atoms with Crippen LogP contribution in [-0.4, -0.2) is 34.5 Å². The van der Waals surface area contributed by atoms with E-state index >= 15 is 0 Å². The number of carbonyl (C=O) groups excluding carboxylic acids is 2. The summed E-state index contributed by atoms with van der Waals surface area (Å²) >= 11 is 0. The van der Waals surface area contributed by atoms with Crippen molar-refractivity contribution in [2.45, 2.75) is 38.1 Å². The Bertz CT molecular complexity index is 703. The van der Waals surface area contributed by atoms with Crippen LogP contribution in [0.1, 0.15) is 30.4 Å². The van der Waals surface area contributed by atoms with Crippen molar-refractivity contribution in [1.82, 2.24) is 9.88 Å². The molecule has 0 spiro atoms. The minimum atomic E-state index is -0.514. The molecule has 3 rings (SSSR count). The summed E-state index contributed by atoms with van der Waals surface area (Å²) < 4.78 is 5.11. The van der Waals surface area contributed by atoms with E-state index in [-0.39, 0.29) is 18.6 Å². The van der Waals surface area contributed by atoms with Crippen molar-refractivity contribution in [3.63, 3.8) is 0 Å². The molecule has 0 aliphatic carbocycles. The number of nitrogens with zero attached hydrogens (tertiary/aromatic N) is 2. The summed E-state index contributed by atoms with van der Waals surface area (Å²) in [5, 5.41) is 0. The molecule has 1 fully saturated rings. The van der Waals surface area contributed by atoms with E-state index in [2.05, 4.69) is 4.98 Å². The van der Waals surface area contributed by atoms with E-state index in [0.29, 0.717) is 12.8 Å². The lowest BCUT2D eigenvalue weighted by molar-refractivity contribution is -0.129. The van der Waals surface area contributed by atoms with Crippen molar-refractivity contribution in [3.8, 4) is 0 Å². The summed E-state index contributed by atoms with van der Waals surface area (Å²) in [7, 11) is 0. The minimum absolute atomic E-state index is 0.141. The first-order chi connectivity index (χ1) is 12.2. The maximum Gasteiger partial charge on any atom is 0.416 e. The third-order valence-corrected chi connectivity index (χ3v) is 4.40. The maximum absolute atomic E-state index is 12.5. The molecule has 2 aromatic rings. The average Bonchev–Trinajstić information content (AvgIpc) is 3.00. The van der Waals surface area contributed by atoms with Gasteiger partial charge in [0.15, 0.2) is 0 Å². The smallest absolute Gasteiger partial charge is 0.416 e. The van der Waals surface area contributed by atoms with Crippen LogP contribution in [0.5, 0.6) is 0 Å². The minimum Gasteiger partial charge on any atom is -0.447 e. The lowest BCUT2D eigenvalue weighted by atomic mass is 10.0. The van der Waals surface area contributed by atoms with E-state index in [1.165, 1.54) is 10.5 Å². The van der Waals surface area contributed by atoms with E-state index in [4.69, 9.17) is 4.74 Å². The molecule has 25 heavy (non-hydrogen) atoms. The molecule has 2 heterocycles. The fourth-order valence-electron chi connectivity index (χ4n) is 3.08. The van der Waals surface area contributed by atoms with Crippen molar-refractivity contribution in [3.05, 3.63) is 66.0 Å². The fourth-order valence-corrected chi connectivity index (χ4v) is 3.08. The fraction of sp³-hybridized carbons (Fsp3) is 0.350. The Morgan fingerprint density at radius 1 is 1.08 bits per heavy atom. The van der Waals surface area contributed by atoms with Crippen molar-refractivity contribution in [1.29, 1.82) is 0 Å². The number of hydrogen-bond acceptors (Lipinski definition) is 4. The molecule has 0 saturated carbocycles. The van der Waals surface area contributed by atoms with E-state index in [1.54, 1.807) is 12.4 Å². The number of rotatable bonds is 7. The molecular weight excluding hydrogens is 316 g/mol. The van der Waals surface area contributed by atoms with Crippen LogP contribution in [0.25, 0.3) is 0 Å². The zero-order valence-electron chi connectivity index (χ0n) is 14.1. The second kappa shape index (κ2) is 8.42. The summed E-state index contributed by atoms with van der Waals surface area (Å²) in [6.07, 6.45) is 6.60. The molecule has 130 valence electrons. The lowest BCUT2D eigenvalue weighted by Crippen LogP contribution is -2.40. The molecule has 1 saturated heterocycles. The molecule has 1 atom stereocenters. The average molecular weight is 338 g/mol. The monoisotopic (exact) mass is 338 g/mol. The van der Waals surface area contributed by atoms with Crippen LogP contribution < -0.4 is 0 Å². The van der Waals surface area contributed by atoms with Crippen LogP contribution in [0.15, 0.2) is 54.9 Å². The second-order valence-corrected chi connectivity index (χ2v) is 6.25. The van der Waals surface area contributed by atoms with E-state index in [9.17, 15) is 9.59 Å². The Morgan fingerprint density at radius 3 is 2.60 bits per heavy atom. The number of amides is 2. The summed E-state index contributed by atoms with van der Waals surface area (Å²) in [5.41, 5.74) is 2.31. The van der Waals surface area contributed by atoms with E-state index in [1.807, 2.05) is 42.5 Å². The van der Waals surface area contributed by atoms with Crippen LogP contribution in [0.2, 0.25) is 0 Å². The van der Waals surface area contributed by atoms with Crippen molar-refractivity contribution in [2.24, 2.45) is 0 Å². The molecule has 1 aliphatic rings. The SMILES string of the molecule is O=C(CCCCc1ccncc1)N1C(=O)OC[C@@H]1Cc1ccccc1. The summed E-state index contributed by atoms with van der Waals surface area (Å²) in [4.78, 5) is 29.7. The number of hydrogen-bond donors (Lipinski definition) is 0. The topological polar surface area (TPSA) is 59.5 Å². The number of aromatic nitrogens is 1. The third-order valence-electron chi connectivity index (χ3n) is 4.40. The maximum atomic E-state index is 12.5. The summed E-state index contributed by atoms with van der Waals surface area (Å²) in [6, 6.07) is 13.6. The van der Waals surface area contributed by atoms with Crippen molar-refractivity contribution >= 4 is 12.0 Å². The van der Waals surface area contributed by atoms with Crippen molar-refractivity contribution < 1.29 is 14.3 Å². The van der Waals surface area contributed by atoms with Gasteiger partial charge in [0.25, 0.3) is 0 Å². The predicted molar refractivity (Wildman–Crippen MR) is 93.9 cm³/mol. The number of benzene rings is 1. The van der Waals surface area contributed by atoms with Crippen LogP contribution in [0, 0.1) is 0 Å². The molecule has 1 aromatic heterocycles. The van der Waals surface area contributed by atoms with Gasteiger partial charge in [-0.3, -0.25) is 9.78 Å². The van der Waals surface area contributed by atoms with Gasteiger partial charge in [-0.15, -0.1) is 0 Å². The Kier molecular flexibility index (Phi) is 5.77. The zero-order chi connectivity index (χ0) is 17.5. The number of ether oxygens (including phenoxy) is 1. The lowest BCUT2D eigenvalue weighted by Gasteiger charge is -2.19. The number of carbonyl (C=O) groups is 2. The molecule has 2 amide bonds. The van der Waals surface area contributed by atoms with E-state index in [0.717, 1.165) is 24.8 Å². The Hall–Kier alpha value is -2.69. The van der Waals surface area contributed by atoms with Gasteiger partial charge in [-0.25, -0.2) is 9.69 Å². The molecule has 1 aliphatic heterocycles. The van der Waals surface area contributed by atoms with Gasteiger partial charge < -0.3 is 4.74 Å². The van der Waals surface area contributed by atoms with Crippen LogP contribution in [-0.2, 0) is 22.4 Å². The first-order valence-corrected chi connectivity index (χ1v) is 8.65. The van der Waals surface area contributed by atoms with Crippen LogP contribution >= 0.6 is 0 Å². The normalized spacial score (nSPS) is 16.7. The van der Waals surface area contributed by atoms with Crippen LogP contribution in [0.4, 0.5) is 4.79 Å². The van der Waals surface area contributed by atoms with Gasteiger partial charge in [-0.05, 0) is 48.9 Å². The van der Waals surface area contributed by atoms with Gasteiger partial charge in [-0.2, -0.15) is 0 Å². The number of unbranched alkanes of at least 4 members (excludes halogenated alkanes) is 1. The van der Waals surface area contributed by atoms with Crippen LogP contribution in [0.3, 0.4) is 0 Å². The van der Waals surface area contributed by atoms with Gasteiger partial charge in [0.05, 0.1) is 6.04 Å². The third kappa shape index (κ3) is 4.66. The highest BCUT2D eigenvalue weighted by atomic mass is 16.6. The van der Waals surface area contributed by atoms with E-state index < -0.39 is 6.09 Å². The van der Waals surface area contributed by atoms with Crippen molar-refractivity contribution in [2.75, 3.05) is 6.61 Å². The largest absolute Gasteiger partial charge is 0.447 e. The second-order valence-electron chi connectivity index (χ2n) is 6.25. The standard InChI is InChI=1S/C20H22N2O3/c23-19(9-5-4-6-16-10-12-21-13-11-16)22-18(15-25-20(22)24)14-17-7-2-1-3-8-17/h1-3,7-8,10-13,18H,4-6,9,14-15H2/t18-/m0/s1. The Labute approximate surface area is 147 Å². The highest BCUT2D eigenvalue weighted by molar-refractivity contribution is 5.93. The number of pyridine rings is 1. The number of cyclic esters (lactones) is 1. The quantitative estimate of drug-likeness (QED) is 0.726. The summed E-state index contributed by atoms with van der Waals surface area (Å²) in [5.74, 6) is -0.141. The number of imide groups is 1. The molecule has 5 heteroatoms. The van der Waals surface area contributed by atoms with Gasteiger partial charge >= 0.3 is 6.09 Å². The highest BCUT2D eigenvalue weighted by Gasteiger charge is 2.37. The molecule has 0 radical (unpaired) electrons. The molecule has 5 nitrogen and oxygen atoms in total. The number of aryl methyl sites for hydroxylation is 1. The first kappa shape index (κ1) is 17.1. The summed E-state index contributed by atoms with van der Waals surface area (Å²) in [6.45, 7) is 0.274. The van der Waals surface area contributed by atoms with Gasteiger partial charge in [0, 0.05) is 18.8 Å². The van der Waals surface area contributed by atoms with Gasteiger partial charge in [-0.1, -0.05) is 30.3 Å². The molecule has 0 unspecified atom stereocenters. The molecule has 0 bridgehead atoms. The Morgan fingerprint density at radius 2 is 1.84 bits per heavy atom. The highest BCUT2D eigenvalue weighted by Crippen LogP contribution is 2.19. The molecule has 0 N–H and O–H groups in total. The molecule has 1 aromatic carbocycles. The molecular formula is C20H22N2O3. The van der Waals surface area contributed by atoms with Gasteiger partial charge in [0.1, 0.15) is 6.61 Å². The Balaban J connectivity index is 1.49. The first-order valence-electron chi connectivity index (χ1n) is 8.65.